The second-order valence-corrected chi connectivity index (χ2v) is 17.2. The Bertz CT molecular complexity index is 3190. The molecule has 0 atom stereocenters. The van der Waals surface area contributed by atoms with Crippen molar-refractivity contribution < 1.29 is 0 Å². The van der Waals surface area contributed by atoms with Crippen molar-refractivity contribution in [1.82, 2.24) is 15.0 Å². The average molecular weight is 825 g/mol. The average Bonchev–Trinajstić information content (AvgIpc) is 3.31. The maximum Gasteiger partial charge on any atom is 0.243 e. The van der Waals surface area contributed by atoms with Crippen LogP contribution < -0.4 is 21.3 Å². The first-order chi connectivity index (χ1) is 31.2. The fourth-order valence-corrected chi connectivity index (χ4v) is 10.1. The number of hydrogen-bond acceptors (Lipinski definition) is 4. The maximum atomic E-state index is 5.42. The predicted octanol–water partition coefficient (Wildman–Crippen LogP) is 13.0. The minimum absolute atomic E-state index is 0.0132. The molecule has 4 nitrogen and oxygen atoms in total. The van der Waals surface area contributed by atoms with Gasteiger partial charge in [0.1, 0.15) is 0 Å². The van der Waals surface area contributed by atoms with Gasteiger partial charge >= 0.3 is 0 Å². The standard InChI is InChI=1S/C59H49BN4/c1-38-34-40(3)55(41(4)35-38)60(56-42(5)36-39(2)37-43(56)6)51-31-33-52(50-29-19-18-28-49(50)51)64(53-32-30-44-20-16-17-27-48(44)54(53)45-21-10-7-11-22-45)59-62-57(46-23-12-8-13-24-46)61-58(63-59)47-25-14-9-15-26-47/h7-37H,1-6H3. The van der Waals surface area contributed by atoms with E-state index in [0.717, 1.165) is 49.8 Å². The maximum absolute atomic E-state index is 5.42. The number of fused-ring (bicyclic) bond motifs is 2. The molecule has 0 aliphatic carbocycles. The summed E-state index contributed by atoms with van der Waals surface area (Å²) in [6.07, 6.45) is 0. The van der Waals surface area contributed by atoms with E-state index in [2.05, 4.69) is 198 Å². The highest BCUT2D eigenvalue weighted by Gasteiger charge is 2.32. The van der Waals surface area contributed by atoms with Gasteiger partial charge in [0.15, 0.2) is 11.6 Å². The summed E-state index contributed by atoms with van der Waals surface area (Å²) in [6, 6.07) is 67.2. The van der Waals surface area contributed by atoms with Gasteiger partial charge in [-0.05, 0) is 75.4 Å². The van der Waals surface area contributed by atoms with Crippen LogP contribution in [0.4, 0.5) is 17.3 Å². The molecular weight excluding hydrogens is 775 g/mol. The van der Waals surface area contributed by atoms with Gasteiger partial charge in [0, 0.05) is 22.1 Å². The van der Waals surface area contributed by atoms with Gasteiger partial charge < -0.3 is 0 Å². The third-order valence-electron chi connectivity index (χ3n) is 12.6. The van der Waals surface area contributed by atoms with Crippen LogP contribution in [0.5, 0.6) is 0 Å². The van der Waals surface area contributed by atoms with Crippen molar-refractivity contribution >= 4 is 62.0 Å². The molecule has 9 aromatic carbocycles. The molecular formula is C59H49BN4. The fraction of sp³-hybridized carbons (Fsp3) is 0.102. The van der Waals surface area contributed by atoms with Crippen LogP contribution in [-0.2, 0) is 0 Å². The predicted molar refractivity (Wildman–Crippen MR) is 272 cm³/mol. The van der Waals surface area contributed by atoms with E-state index in [9.17, 15) is 0 Å². The molecule has 5 heteroatoms. The van der Waals surface area contributed by atoms with Crippen molar-refractivity contribution in [2.24, 2.45) is 0 Å². The van der Waals surface area contributed by atoms with Crippen LogP contribution in [0, 0.1) is 41.5 Å². The molecule has 0 saturated heterocycles. The second kappa shape index (κ2) is 16.9. The van der Waals surface area contributed by atoms with Crippen molar-refractivity contribution in [2.45, 2.75) is 41.5 Å². The zero-order valence-corrected chi connectivity index (χ0v) is 37.3. The van der Waals surface area contributed by atoms with Crippen LogP contribution in [-0.4, -0.2) is 21.7 Å². The number of nitrogens with zero attached hydrogens (tertiary/aromatic N) is 4. The number of anilines is 3. The second-order valence-electron chi connectivity index (χ2n) is 17.2. The van der Waals surface area contributed by atoms with Crippen molar-refractivity contribution in [3.63, 3.8) is 0 Å². The zero-order chi connectivity index (χ0) is 43.9. The number of aromatic nitrogens is 3. The third-order valence-corrected chi connectivity index (χ3v) is 12.6. The van der Waals surface area contributed by atoms with Crippen molar-refractivity contribution in [3.05, 3.63) is 221 Å². The molecule has 0 spiro atoms. The summed E-state index contributed by atoms with van der Waals surface area (Å²) in [7, 11) is 0. The summed E-state index contributed by atoms with van der Waals surface area (Å²) in [5.74, 6) is 1.74. The van der Waals surface area contributed by atoms with E-state index in [0.29, 0.717) is 17.6 Å². The van der Waals surface area contributed by atoms with Gasteiger partial charge in [-0.1, -0.05) is 226 Å². The van der Waals surface area contributed by atoms with E-state index in [1.54, 1.807) is 0 Å². The zero-order valence-electron chi connectivity index (χ0n) is 37.3. The fourth-order valence-electron chi connectivity index (χ4n) is 10.1. The molecule has 308 valence electrons. The topological polar surface area (TPSA) is 41.9 Å². The van der Waals surface area contributed by atoms with Gasteiger partial charge in [-0.15, -0.1) is 0 Å². The normalized spacial score (nSPS) is 11.3. The lowest BCUT2D eigenvalue weighted by atomic mass is 9.33. The summed E-state index contributed by atoms with van der Waals surface area (Å²) < 4.78 is 0. The number of aryl methyl sites for hydroxylation is 6. The summed E-state index contributed by atoms with van der Waals surface area (Å²) in [5, 5.41) is 4.58. The molecule has 10 aromatic rings. The van der Waals surface area contributed by atoms with Gasteiger partial charge in [0.25, 0.3) is 0 Å². The van der Waals surface area contributed by atoms with E-state index in [-0.39, 0.29) is 6.71 Å². The molecule has 0 fully saturated rings. The molecule has 0 radical (unpaired) electrons. The lowest BCUT2D eigenvalue weighted by Crippen LogP contribution is -2.56. The van der Waals surface area contributed by atoms with Crippen molar-refractivity contribution in [3.8, 4) is 33.9 Å². The van der Waals surface area contributed by atoms with E-state index in [1.807, 2.05) is 36.4 Å². The van der Waals surface area contributed by atoms with Gasteiger partial charge in [0.2, 0.25) is 12.7 Å². The molecule has 0 aliphatic rings. The minimum Gasteiger partial charge on any atom is -0.278 e. The lowest BCUT2D eigenvalue weighted by Gasteiger charge is -2.30. The molecule has 0 unspecified atom stereocenters. The Balaban J connectivity index is 1.32. The van der Waals surface area contributed by atoms with Gasteiger partial charge in [-0.2, -0.15) is 9.97 Å². The largest absolute Gasteiger partial charge is 0.278 e. The highest BCUT2D eigenvalue weighted by molar-refractivity contribution is 6.98. The highest BCUT2D eigenvalue weighted by atomic mass is 15.3. The van der Waals surface area contributed by atoms with Gasteiger partial charge in [-0.3, -0.25) is 4.90 Å². The molecule has 0 N–H and O–H groups in total. The van der Waals surface area contributed by atoms with Crippen LogP contribution in [0.2, 0.25) is 0 Å². The number of hydrogen-bond donors (Lipinski definition) is 0. The third kappa shape index (κ3) is 7.43. The van der Waals surface area contributed by atoms with E-state index >= 15 is 0 Å². The van der Waals surface area contributed by atoms with Crippen molar-refractivity contribution in [1.29, 1.82) is 0 Å². The van der Waals surface area contributed by atoms with Crippen LogP contribution in [0.15, 0.2) is 188 Å². The monoisotopic (exact) mass is 824 g/mol. The van der Waals surface area contributed by atoms with Crippen LogP contribution in [0.1, 0.15) is 33.4 Å². The lowest BCUT2D eigenvalue weighted by molar-refractivity contribution is 1.03. The number of rotatable bonds is 9. The van der Waals surface area contributed by atoms with E-state index in [4.69, 9.17) is 15.0 Å². The first-order valence-corrected chi connectivity index (χ1v) is 22.1. The van der Waals surface area contributed by atoms with Crippen LogP contribution >= 0.6 is 0 Å². The van der Waals surface area contributed by atoms with Crippen LogP contribution in [0.25, 0.3) is 55.4 Å². The quantitative estimate of drug-likeness (QED) is 0.136. The highest BCUT2D eigenvalue weighted by Crippen LogP contribution is 2.45. The molecule has 10 rings (SSSR count). The Morgan fingerprint density at radius 1 is 0.375 bits per heavy atom. The van der Waals surface area contributed by atoms with Gasteiger partial charge in [0.05, 0.1) is 11.4 Å². The van der Waals surface area contributed by atoms with E-state index < -0.39 is 0 Å². The first-order valence-electron chi connectivity index (χ1n) is 22.1. The molecule has 0 bridgehead atoms. The smallest absolute Gasteiger partial charge is 0.243 e. The summed E-state index contributed by atoms with van der Waals surface area (Å²) >= 11 is 0. The van der Waals surface area contributed by atoms with Crippen molar-refractivity contribution in [2.75, 3.05) is 4.90 Å². The molecule has 0 aliphatic heterocycles. The Kier molecular flexibility index (Phi) is 10.7. The minimum atomic E-state index is -0.0132. The Hall–Kier alpha value is -7.63. The van der Waals surface area contributed by atoms with E-state index in [1.165, 1.54) is 55.2 Å². The molecule has 0 amide bonds. The number of benzene rings is 9. The summed E-state index contributed by atoms with van der Waals surface area (Å²) in [5.41, 5.74) is 17.7. The molecule has 1 heterocycles. The molecule has 64 heavy (non-hydrogen) atoms. The van der Waals surface area contributed by atoms with Gasteiger partial charge in [-0.25, -0.2) is 4.98 Å². The summed E-state index contributed by atoms with van der Waals surface area (Å²) in [4.78, 5) is 18.3. The summed E-state index contributed by atoms with van der Waals surface area (Å²) in [6.45, 7) is 13.5. The van der Waals surface area contributed by atoms with Crippen LogP contribution in [0.3, 0.4) is 0 Å². The molecule has 1 aromatic heterocycles. The SMILES string of the molecule is Cc1cc(C)c(B(c2c(C)cc(C)cc2C)c2ccc(N(c3nc(-c4ccccc4)nc(-c4ccccc4)n3)c3ccc4ccccc4c3-c3ccccc3)c3ccccc23)c(C)c1. The first kappa shape index (κ1) is 40.4. The molecule has 0 saturated carbocycles. The Labute approximate surface area is 377 Å². The Morgan fingerprint density at radius 3 is 1.34 bits per heavy atom. The Morgan fingerprint density at radius 2 is 0.812 bits per heavy atom.